The minimum Gasteiger partial charge on any atom is -0.388 e. The van der Waals surface area contributed by atoms with E-state index in [4.69, 9.17) is 4.74 Å². The largest absolute Gasteiger partial charge is 0.388 e. The molecule has 0 spiro atoms. The normalized spacial score (nSPS) is 17.9. The first-order valence-corrected chi connectivity index (χ1v) is 6.64. The van der Waals surface area contributed by atoms with E-state index in [2.05, 4.69) is 5.32 Å². The Morgan fingerprint density at radius 3 is 2.79 bits per heavy atom. The highest BCUT2D eigenvalue weighted by molar-refractivity contribution is 7.17. The summed E-state index contributed by atoms with van der Waals surface area (Å²) in [6.07, 6.45) is 0.940. The third-order valence-electron chi connectivity index (χ3n) is 3.00. The lowest BCUT2D eigenvalue weighted by Gasteiger charge is -2.31. The molecule has 1 aromatic heterocycles. The van der Waals surface area contributed by atoms with Crippen molar-refractivity contribution in [1.29, 1.82) is 0 Å². The predicted molar refractivity (Wildman–Crippen MR) is 68.3 cm³/mol. The average molecular weight is 286 g/mol. The first-order valence-electron chi connectivity index (χ1n) is 5.83. The van der Waals surface area contributed by atoms with E-state index >= 15 is 0 Å². The first kappa shape index (κ1) is 13.9. The summed E-state index contributed by atoms with van der Waals surface area (Å²) in [6, 6.07) is 2.70. The van der Waals surface area contributed by atoms with Crippen molar-refractivity contribution in [3.05, 3.63) is 27.1 Å². The molecule has 0 saturated carbocycles. The summed E-state index contributed by atoms with van der Waals surface area (Å²) in [5, 5.41) is 23.2. The number of thiophene rings is 1. The molecular weight excluding hydrogens is 272 g/mol. The van der Waals surface area contributed by atoms with Gasteiger partial charge in [0.25, 0.3) is 5.91 Å². The molecule has 0 bridgehead atoms. The second-order valence-corrected chi connectivity index (χ2v) is 5.48. The van der Waals surface area contributed by atoms with Crippen molar-refractivity contribution in [2.45, 2.75) is 18.4 Å². The number of hydrogen-bond acceptors (Lipinski definition) is 6. The number of carbonyl (C=O) groups is 1. The van der Waals surface area contributed by atoms with Gasteiger partial charge in [0, 0.05) is 38.7 Å². The highest BCUT2D eigenvalue weighted by atomic mass is 32.1. The van der Waals surface area contributed by atoms with Gasteiger partial charge >= 0.3 is 5.00 Å². The van der Waals surface area contributed by atoms with Crippen molar-refractivity contribution in [1.82, 2.24) is 5.32 Å². The zero-order valence-electron chi connectivity index (χ0n) is 10.1. The molecule has 0 radical (unpaired) electrons. The lowest BCUT2D eigenvalue weighted by molar-refractivity contribution is -0.380. The van der Waals surface area contributed by atoms with Gasteiger partial charge in [0.15, 0.2) is 0 Å². The molecule has 7 nitrogen and oxygen atoms in total. The number of amides is 1. The molecule has 1 aliphatic heterocycles. The van der Waals surface area contributed by atoms with E-state index in [-0.39, 0.29) is 16.4 Å². The van der Waals surface area contributed by atoms with Crippen molar-refractivity contribution in [2.75, 3.05) is 19.8 Å². The van der Waals surface area contributed by atoms with E-state index in [1.54, 1.807) is 0 Å². The zero-order chi connectivity index (χ0) is 13.9. The quantitative estimate of drug-likeness (QED) is 0.633. The number of hydrogen-bond donors (Lipinski definition) is 2. The number of nitrogens with one attached hydrogen (secondary N) is 1. The number of nitrogens with zero attached hydrogens (tertiary/aromatic N) is 1. The Hall–Kier alpha value is -1.51. The van der Waals surface area contributed by atoms with E-state index in [1.165, 1.54) is 12.1 Å². The Bertz CT molecular complexity index is 481. The van der Waals surface area contributed by atoms with Crippen LogP contribution in [0.25, 0.3) is 0 Å². The molecule has 1 fully saturated rings. The fourth-order valence-corrected chi connectivity index (χ4v) is 2.54. The summed E-state index contributed by atoms with van der Waals surface area (Å²) in [6.45, 7) is 1.06. The van der Waals surface area contributed by atoms with Crippen molar-refractivity contribution in [2.24, 2.45) is 0 Å². The Kier molecular flexibility index (Phi) is 4.13. The smallest absolute Gasteiger partial charge is 0.324 e. The second-order valence-electron chi connectivity index (χ2n) is 4.41. The van der Waals surface area contributed by atoms with Gasteiger partial charge in [-0.15, -0.1) is 0 Å². The van der Waals surface area contributed by atoms with Crippen LogP contribution >= 0.6 is 11.3 Å². The molecule has 1 aromatic rings. The van der Waals surface area contributed by atoms with Crippen LogP contribution in [0.1, 0.15) is 22.5 Å². The second kappa shape index (κ2) is 5.64. The first-order chi connectivity index (χ1) is 9.00. The van der Waals surface area contributed by atoms with Crippen LogP contribution in [0.2, 0.25) is 0 Å². The monoisotopic (exact) mass is 286 g/mol. The van der Waals surface area contributed by atoms with E-state index in [1.807, 2.05) is 0 Å². The maximum atomic E-state index is 11.8. The molecule has 2 rings (SSSR count). The van der Waals surface area contributed by atoms with Crippen LogP contribution in [0.4, 0.5) is 5.00 Å². The fourth-order valence-electron chi connectivity index (χ4n) is 1.81. The van der Waals surface area contributed by atoms with Gasteiger partial charge in [-0.05, 0) is 6.07 Å². The molecule has 19 heavy (non-hydrogen) atoms. The summed E-state index contributed by atoms with van der Waals surface area (Å²) in [5.41, 5.74) is -0.947. The SMILES string of the molecule is O=C(NCC1(O)CCOCC1)c1ccc([N+](=O)[O-])s1. The van der Waals surface area contributed by atoms with E-state index in [0.29, 0.717) is 26.1 Å². The molecule has 1 saturated heterocycles. The minimum atomic E-state index is -0.947. The van der Waals surface area contributed by atoms with E-state index in [9.17, 15) is 20.0 Å². The molecule has 2 N–H and O–H groups in total. The van der Waals surface area contributed by atoms with Crippen LogP contribution in [0.3, 0.4) is 0 Å². The van der Waals surface area contributed by atoms with E-state index in [0.717, 1.165) is 11.3 Å². The van der Waals surface area contributed by atoms with Gasteiger partial charge < -0.3 is 15.2 Å². The summed E-state index contributed by atoms with van der Waals surface area (Å²) >= 11 is 0.817. The molecule has 8 heteroatoms. The van der Waals surface area contributed by atoms with Crippen molar-refractivity contribution in [3.8, 4) is 0 Å². The van der Waals surface area contributed by atoms with Gasteiger partial charge in [0.1, 0.15) is 0 Å². The van der Waals surface area contributed by atoms with Crippen LogP contribution in [0.15, 0.2) is 12.1 Å². The summed E-state index contributed by atoms with van der Waals surface area (Å²) in [7, 11) is 0. The summed E-state index contributed by atoms with van der Waals surface area (Å²) in [4.78, 5) is 22.1. The lowest BCUT2D eigenvalue weighted by Crippen LogP contribution is -2.46. The van der Waals surface area contributed by atoms with Crippen LogP contribution in [-0.4, -0.2) is 41.3 Å². The van der Waals surface area contributed by atoms with E-state index < -0.39 is 16.4 Å². The predicted octanol–water partition coefficient (Wildman–Crippen LogP) is 0.928. The molecule has 0 unspecified atom stereocenters. The van der Waals surface area contributed by atoms with Gasteiger partial charge in [-0.25, -0.2) is 0 Å². The zero-order valence-corrected chi connectivity index (χ0v) is 10.9. The number of carbonyl (C=O) groups excluding carboxylic acids is 1. The Balaban J connectivity index is 1.91. The fraction of sp³-hybridized carbons (Fsp3) is 0.545. The molecule has 0 atom stereocenters. The Labute approximate surface area is 113 Å². The van der Waals surface area contributed by atoms with Crippen LogP contribution in [-0.2, 0) is 4.74 Å². The number of nitro groups is 1. The molecule has 2 heterocycles. The van der Waals surface area contributed by atoms with Crippen molar-refractivity contribution >= 4 is 22.2 Å². The summed E-state index contributed by atoms with van der Waals surface area (Å²) in [5.74, 6) is -0.405. The molecule has 104 valence electrons. The van der Waals surface area contributed by atoms with Gasteiger partial charge in [0.05, 0.1) is 15.4 Å². The number of ether oxygens (including phenoxy) is 1. The Morgan fingerprint density at radius 1 is 1.53 bits per heavy atom. The highest BCUT2D eigenvalue weighted by Gasteiger charge is 2.30. The third kappa shape index (κ3) is 3.49. The van der Waals surface area contributed by atoms with Crippen molar-refractivity contribution in [3.63, 3.8) is 0 Å². The van der Waals surface area contributed by atoms with Gasteiger partial charge in [0.2, 0.25) is 0 Å². The molecule has 0 aliphatic carbocycles. The standard InChI is InChI=1S/C11H14N2O5S/c14-10(8-1-2-9(19-8)13(16)17)12-7-11(15)3-5-18-6-4-11/h1-2,15H,3-7H2,(H,12,14). The number of aliphatic hydroxyl groups is 1. The van der Waals surface area contributed by atoms with Crippen LogP contribution < -0.4 is 5.32 Å². The molecule has 0 aromatic carbocycles. The van der Waals surface area contributed by atoms with Crippen LogP contribution in [0, 0.1) is 10.1 Å². The van der Waals surface area contributed by atoms with Gasteiger partial charge in [-0.1, -0.05) is 11.3 Å². The third-order valence-corrected chi connectivity index (χ3v) is 4.03. The van der Waals surface area contributed by atoms with Gasteiger partial charge in [-0.3, -0.25) is 14.9 Å². The lowest BCUT2D eigenvalue weighted by atomic mass is 9.94. The average Bonchev–Trinajstić information content (AvgIpc) is 2.87. The molecular formula is C11H14N2O5S. The highest BCUT2D eigenvalue weighted by Crippen LogP contribution is 2.24. The Morgan fingerprint density at radius 2 is 2.21 bits per heavy atom. The maximum Gasteiger partial charge on any atom is 0.324 e. The van der Waals surface area contributed by atoms with Crippen molar-refractivity contribution < 1.29 is 19.6 Å². The molecule has 1 amide bonds. The minimum absolute atomic E-state index is 0.0741. The topological polar surface area (TPSA) is 102 Å². The molecule has 1 aliphatic rings. The van der Waals surface area contributed by atoms with Crippen LogP contribution in [0.5, 0.6) is 0 Å². The number of rotatable bonds is 4. The summed E-state index contributed by atoms with van der Waals surface area (Å²) < 4.78 is 5.14. The maximum absolute atomic E-state index is 11.8. The van der Waals surface area contributed by atoms with Gasteiger partial charge in [-0.2, -0.15) is 0 Å².